The summed E-state index contributed by atoms with van der Waals surface area (Å²) in [7, 11) is 3.34. The lowest BCUT2D eigenvalue weighted by molar-refractivity contribution is -0.142. The van der Waals surface area contributed by atoms with Gasteiger partial charge in [-0.3, -0.25) is 9.59 Å². The Labute approximate surface area is 238 Å². The number of allylic oxidation sites excluding steroid dienone is 3. The predicted molar refractivity (Wildman–Crippen MR) is 153 cm³/mol. The Hall–Kier alpha value is -2.87. The van der Waals surface area contributed by atoms with Gasteiger partial charge in [-0.15, -0.1) is 0 Å². The fourth-order valence-corrected chi connectivity index (χ4v) is 5.66. The zero-order valence-corrected chi connectivity index (χ0v) is 24.5. The van der Waals surface area contributed by atoms with E-state index in [1.165, 1.54) is 0 Å². The summed E-state index contributed by atoms with van der Waals surface area (Å²) in [6.07, 6.45) is 6.71. The van der Waals surface area contributed by atoms with Crippen molar-refractivity contribution in [1.29, 1.82) is 0 Å². The molecule has 2 amide bonds. The van der Waals surface area contributed by atoms with E-state index in [0.29, 0.717) is 77.8 Å². The van der Waals surface area contributed by atoms with Crippen LogP contribution in [0, 0.1) is 23.7 Å². The highest BCUT2D eigenvalue weighted by molar-refractivity contribution is 6.38. The van der Waals surface area contributed by atoms with E-state index in [0.717, 1.165) is 24.3 Å². The third kappa shape index (κ3) is 7.45. The third-order valence-electron chi connectivity index (χ3n) is 7.75. The van der Waals surface area contributed by atoms with Gasteiger partial charge in [0, 0.05) is 59.0 Å². The van der Waals surface area contributed by atoms with Crippen LogP contribution in [0.2, 0.25) is 0 Å². The quantitative estimate of drug-likeness (QED) is 0.306. The molecule has 3 heterocycles. The second kappa shape index (κ2) is 14.7. The number of carbonyl (C=O) groups excluding carboxylic acids is 2. The first kappa shape index (κ1) is 30.1. The van der Waals surface area contributed by atoms with E-state index in [1.807, 2.05) is 22.0 Å². The summed E-state index contributed by atoms with van der Waals surface area (Å²) in [6, 6.07) is -0.387. The number of nitrogens with zero attached hydrogens (tertiary/aromatic N) is 4. The number of ether oxygens (including phenoxy) is 3. The summed E-state index contributed by atoms with van der Waals surface area (Å²) < 4.78 is 16.1. The Bertz CT molecular complexity index is 1050. The standard InChI is InChI=1S/C30H45N5O5/c1-22(2)21-35(24-18-23(19-31-20-24)29(36)33-13-16-40-17-14-33)30(37)28-32-26-11-10-25(39-4)8-7-9-27(26)34(28)12-5-6-15-38-3/h10-11,22-24,27,31H,5-6,8,12-21H2,1-4H3/b25-10+,26-11+. The maximum atomic E-state index is 14.4. The highest BCUT2D eigenvalue weighted by Gasteiger charge is 2.41. The first-order valence-electron chi connectivity index (χ1n) is 14.6. The van der Waals surface area contributed by atoms with Gasteiger partial charge in [0.15, 0.2) is 5.84 Å². The van der Waals surface area contributed by atoms with Gasteiger partial charge in [-0.2, -0.15) is 0 Å². The molecule has 220 valence electrons. The van der Waals surface area contributed by atoms with Crippen molar-refractivity contribution in [1.82, 2.24) is 20.0 Å². The average Bonchev–Trinajstić information content (AvgIpc) is 3.30. The monoisotopic (exact) mass is 555 g/mol. The molecule has 3 atom stereocenters. The molecule has 0 spiro atoms. The number of piperidine rings is 1. The lowest BCUT2D eigenvalue weighted by Gasteiger charge is -2.40. The van der Waals surface area contributed by atoms with Crippen LogP contribution in [-0.4, -0.2) is 118 Å². The zero-order chi connectivity index (χ0) is 28.5. The van der Waals surface area contributed by atoms with Crippen molar-refractivity contribution in [2.24, 2.45) is 16.8 Å². The molecule has 40 heavy (non-hydrogen) atoms. The van der Waals surface area contributed by atoms with Crippen molar-refractivity contribution in [2.45, 2.75) is 51.6 Å². The van der Waals surface area contributed by atoms with E-state index in [1.54, 1.807) is 14.2 Å². The number of hydrogen-bond donors (Lipinski definition) is 1. The van der Waals surface area contributed by atoms with Crippen molar-refractivity contribution in [3.05, 3.63) is 23.6 Å². The number of nitrogens with one attached hydrogen (secondary N) is 1. The van der Waals surface area contributed by atoms with Gasteiger partial charge < -0.3 is 34.2 Å². The van der Waals surface area contributed by atoms with Gasteiger partial charge >= 0.3 is 0 Å². The third-order valence-corrected chi connectivity index (χ3v) is 7.75. The van der Waals surface area contributed by atoms with E-state index in [4.69, 9.17) is 19.2 Å². The minimum Gasteiger partial charge on any atom is -0.500 e. The van der Waals surface area contributed by atoms with E-state index in [2.05, 4.69) is 35.9 Å². The number of unbranched alkanes of at least 4 members (excludes halogenated alkanes) is 1. The van der Waals surface area contributed by atoms with Crippen LogP contribution >= 0.6 is 0 Å². The Morgan fingerprint density at radius 1 is 1.20 bits per heavy atom. The molecule has 4 aliphatic rings. The molecule has 1 aliphatic carbocycles. The predicted octanol–water partition coefficient (Wildman–Crippen LogP) is 1.64. The van der Waals surface area contributed by atoms with Crippen molar-refractivity contribution in [3.8, 4) is 11.8 Å². The Morgan fingerprint density at radius 3 is 2.73 bits per heavy atom. The number of carbonyl (C=O) groups is 2. The molecule has 3 aliphatic heterocycles. The SMILES string of the molecule is COCCCCN1C(C(=O)N(CC(C)C)C2CNCC(C(=O)N3CCOCC3)C2)=N/C2=C/C=C(/OC)CC#CC21. The Balaban J connectivity index is 1.58. The number of rotatable bonds is 11. The van der Waals surface area contributed by atoms with Crippen molar-refractivity contribution >= 4 is 17.6 Å². The number of amides is 2. The van der Waals surface area contributed by atoms with Gasteiger partial charge in [0.25, 0.3) is 5.91 Å². The summed E-state index contributed by atoms with van der Waals surface area (Å²) in [4.78, 5) is 38.5. The van der Waals surface area contributed by atoms with Crippen LogP contribution in [0.25, 0.3) is 0 Å². The summed E-state index contributed by atoms with van der Waals surface area (Å²) in [5.74, 6) is 7.89. The van der Waals surface area contributed by atoms with Gasteiger partial charge in [0.2, 0.25) is 5.91 Å². The number of fused-ring (bicyclic) bond motifs is 1. The molecule has 1 N–H and O–H groups in total. The van der Waals surface area contributed by atoms with Crippen LogP contribution in [0.3, 0.4) is 0 Å². The molecule has 0 aromatic rings. The Kier molecular flexibility index (Phi) is 11.0. The highest BCUT2D eigenvalue weighted by atomic mass is 16.5. The maximum absolute atomic E-state index is 14.4. The van der Waals surface area contributed by atoms with Crippen LogP contribution < -0.4 is 5.32 Å². The van der Waals surface area contributed by atoms with Crippen molar-refractivity contribution in [2.75, 3.05) is 73.3 Å². The molecule has 0 radical (unpaired) electrons. The molecule has 2 fully saturated rings. The zero-order valence-electron chi connectivity index (χ0n) is 24.5. The number of methoxy groups -OCH3 is 2. The van der Waals surface area contributed by atoms with Gasteiger partial charge in [-0.05, 0) is 37.3 Å². The number of morpholine rings is 1. The van der Waals surface area contributed by atoms with Crippen LogP contribution in [0.15, 0.2) is 28.6 Å². The van der Waals surface area contributed by atoms with Crippen LogP contribution in [0.4, 0.5) is 0 Å². The summed E-state index contributed by atoms with van der Waals surface area (Å²) in [5, 5.41) is 3.45. The lowest BCUT2D eigenvalue weighted by atomic mass is 9.92. The summed E-state index contributed by atoms with van der Waals surface area (Å²) in [6.45, 7) is 9.82. The molecule has 2 saturated heterocycles. The molecule has 10 nitrogen and oxygen atoms in total. The van der Waals surface area contributed by atoms with Crippen molar-refractivity contribution in [3.63, 3.8) is 0 Å². The maximum Gasteiger partial charge on any atom is 0.289 e. The first-order chi connectivity index (χ1) is 19.4. The largest absolute Gasteiger partial charge is 0.500 e. The highest BCUT2D eigenvalue weighted by Crippen LogP contribution is 2.27. The van der Waals surface area contributed by atoms with Crippen LogP contribution in [0.5, 0.6) is 0 Å². The lowest BCUT2D eigenvalue weighted by Crippen LogP contribution is -2.58. The molecule has 3 unspecified atom stereocenters. The fourth-order valence-electron chi connectivity index (χ4n) is 5.66. The van der Waals surface area contributed by atoms with E-state index < -0.39 is 0 Å². The second-order valence-electron chi connectivity index (χ2n) is 11.2. The number of aliphatic imine (C=N–C) groups is 1. The molecule has 10 heteroatoms. The number of amidine groups is 1. The van der Waals surface area contributed by atoms with Gasteiger partial charge in [-0.1, -0.05) is 25.7 Å². The molecular formula is C30H45N5O5. The van der Waals surface area contributed by atoms with Gasteiger partial charge in [0.05, 0.1) is 38.4 Å². The molecule has 0 bridgehead atoms. The first-order valence-corrected chi connectivity index (χ1v) is 14.6. The fraction of sp³-hybridized carbons (Fsp3) is 0.700. The topological polar surface area (TPSA) is 95.9 Å². The molecular weight excluding hydrogens is 510 g/mol. The minimum absolute atomic E-state index is 0.0999. The van der Waals surface area contributed by atoms with Gasteiger partial charge in [0.1, 0.15) is 11.8 Å². The molecule has 0 aromatic carbocycles. The molecule has 0 saturated carbocycles. The number of hydrogen-bond acceptors (Lipinski definition) is 8. The van der Waals surface area contributed by atoms with E-state index in [-0.39, 0.29) is 35.7 Å². The summed E-state index contributed by atoms with van der Waals surface area (Å²) >= 11 is 0. The van der Waals surface area contributed by atoms with Crippen molar-refractivity contribution < 1.29 is 23.8 Å². The molecule has 4 rings (SSSR count). The van der Waals surface area contributed by atoms with Gasteiger partial charge in [-0.25, -0.2) is 4.99 Å². The minimum atomic E-state index is -0.280. The average molecular weight is 556 g/mol. The normalized spacial score (nSPS) is 27.2. The summed E-state index contributed by atoms with van der Waals surface area (Å²) in [5.41, 5.74) is 0.753. The smallest absolute Gasteiger partial charge is 0.289 e. The van der Waals surface area contributed by atoms with Crippen LogP contribution in [0.1, 0.15) is 39.5 Å². The molecule has 0 aromatic heterocycles. The van der Waals surface area contributed by atoms with E-state index >= 15 is 0 Å². The van der Waals surface area contributed by atoms with Crippen LogP contribution in [-0.2, 0) is 23.8 Å². The Morgan fingerprint density at radius 2 is 2.00 bits per heavy atom. The van der Waals surface area contributed by atoms with E-state index in [9.17, 15) is 9.59 Å². The second-order valence-corrected chi connectivity index (χ2v) is 11.2.